The van der Waals surface area contributed by atoms with E-state index in [0.29, 0.717) is 118 Å². The molecule has 0 aliphatic heterocycles. The number of hydrogen-bond acceptors (Lipinski definition) is 14. The first kappa shape index (κ1) is 40.2. The summed E-state index contributed by atoms with van der Waals surface area (Å²) < 4.78 is 58.2. The van der Waals surface area contributed by atoms with Gasteiger partial charge in [-0.15, -0.1) is 0 Å². The van der Waals surface area contributed by atoms with Crippen LogP contribution in [0.15, 0.2) is 43.0 Å². The Morgan fingerprint density at radius 3 is 1.04 bits per heavy atom. The lowest BCUT2D eigenvalue weighted by Crippen LogP contribution is -2.20. The maximum Gasteiger partial charge on any atom is 0.379 e. The summed E-state index contributed by atoms with van der Waals surface area (Å²) in [4.78, 5) is 34.4. The first-order valence-electron chi connectivity index (χ1n) is 14.9. The number of carbonyl (C=O) groups excluding carboxylic acids is 3. The Labute approximate surface area is 265 Å². The van der Waals surface area contributed by atoms with Crippen molar-refractivity contribution < 1.29 is 66.5 Å². The van der Waals surface area contributed by atoms with Crippen LogP contribution < -0.4 is 0 Å². The lowest BCUT2D eigenvalue weighted by atomic mass is 10.1. The molecule has 0 aromatic heterocycles. The highest BCUT2D eigenvalue weighted by Crippen LogP contribution is 2.01. The number of ketones is 1. The monoisotopic (exact) mass is 644 g/mol. The van der Waals surface area contributed by atoms with Gasteiger partial charge in [-0.2, -0.15) is 0 Å². The SMILES string of the molecule is C=CC(=O)OCCOCCOCCOCCOCCOCCOCCOCCOCCOCCOC(=O)C(=O)c1ccccc1. The van der Waals surface area contributed by atoms with Crippen LogP contribution in [0.4, 0.5) is 0 Å². The number of carbonyl (C=O) groups is 3. The van der Waals surface area contributed by atoms with E-state index in [0.717, 1.165) is 6.08 Å². The van der Waals surface area contributed by atoms with Crippen LogP contribution in [0.3, 0.4) is 0 Å². The smallest absolute Gasteiger partial charge is 0.379 e. The van der Waals surface area contributed by atoms with Crippen molar-refractivity contribution in [2.75, 3.05) is 132 Å². The number of rotatable bonds is 33. The van der Waals surface area contributed by atoms with Crippen LogP contribution in [0.1, 0.15) is 10.4 Å². The van der Waals surface area contributed by atoms with Crippen molar-refractivity contribution in [3.63, 3.8) is 0 Å². The minimum Gasteiger partial charge on any atom is -0.460 e. The summed E-state index contributed by atoms with van der Waals surface area (Å²) >= 11 is 0. The van der Waals surface area contributed by atoms with Gasteiger partial charge in [-0.1, -0.05) is 36.9 Å². The lowest BCUT2D eigenvalue weighted by molar-refractivity contribution is -0.140. The van der Waals surface area contributed by atoms with Crippen molar-refractivity contribution in [3.05, 3.63) is 48.6 Å². The molecule has 1 rings (SSSR count). The van der Waals surface area contributed by atoms with E-state index in [-0.39, 0.29) is 19.8 Å². The van der Waals surface area contributed by atoms with Crippen molar-refractivity contribution in [1.29, 1.82) is 0 Å². The van der Waals surface area contributed by atoms with Gasteiger partial charge in [-0.3, -0.25) is 4.79 Å². The van der Waals surface area contributed by atoms with Crippen molar-refractivity contribution in [2.45, 2.75) is 0 Å². The Bertz CT molecular complexity index is 867. The number of esters is 2. The van der Waals surface area contributed by atoms with Crippen molar-refractivity contribution in [3.8, 4) is 0 Å². The number of Topliss-reactive ketones (excluding diaryl/α,β-unsaturated/α-hetero) is 1. The fourth-order valence-corrected chi connectivity index (χ4v) is 3.09. The summed E-state index contributed by atoms with van der Waals surface area (Å²) in [5, 5.41) is 0. The van der Waals surface area contributed by atoms with Crippen LogP contribution in [0.25, 0.3) is 0 Å². The van der Waals surface area contributed by atoms with Gasteiger partial charge in [-0.25, -0.2) is 9.59 Å². The summed E-state index contributed by atoms with van der Waals surface area (Å²) in [6, 6.07) is 8.24. The van der Waals surface area contributed by atoms with E-state index in [1.807, 2.05) is 0 Å². The van der Waals surface area contributed by atoms with E-state index in [9.17, 15) is 14.4 Å². The quantitative estimate of drug-likeness (QED) is 0.0355. The van der Waals surface area contributed by atoms with Crippen molar-refractivity contribution in [2.24, 2.45) is 0 Å². The van der Waals surface area contributed by atoms with E-state index < -0.39 is 17.7 Å². The molecule has 0 N–H and O–H groups in total. The molecule has 0 atom stereocenters. The van der Waals surface area contributed by atoms with Gasteiger partial charge in [-0.05, 0) is 0 Å². The molecule has 14 heteroatoms. The third kappa shape index (κ3) is 26.2. The molecule has 14 nitrogen and oxygen atoms in total. The Hall–Kier alpha value is -2.79. The Morgan fingerprint density at radius 1 is 0.444 bits per heavy atom. The molecule has 256 valence electrons. The van der Waals surface area contributed by atoms with Gasteiger partial charge in [0.2, 0.25) is 0 Å². The highest BCUT2D eigenvalue weighted by atomic mass is 16.6. The van der Waals surface area contributed by atoms with Crippen molar-refractivity contribution in [1.82, 2.24) is 0 Å². The Kier molecular flexibility index (Phi) is 27.9. The summed E-state index contributed by atoms with van der Waals surface area (Å²) in [5.41, 5.74) is 0.292. The minimum absolute atomic E-state index is 0.00715. The van der Waals surface area contributed by atoms with E-state index in [1.54, 1.807) is 30.3 Å². The zero-order chi connectivity index (χ0) is 32.5. The largest absolute Gasteiger partial charge is 0.460 e. The van der Waals surface area contributed by atoms with E-state index >= 15 is 0 Å². The van der Waals surface area contributed by atoms with Gasteiger partial charge in [0.15, 0.2) is 0 Å². The van der Waals surface area contributed by atoms with E-state index in [4.69, 9.17) is 52.1 Å². The second kappa shape index (κ2) is 31.2. The normalized spacial score (nSPS) is 10.9. The molecule has 0 aliphatic carbocycles. The third-order valence-corrected chi connectivity index (χ3v) is 5.30. The average Bonchev–Trinajstić information content (AvgIpc) is 3.06. The summed E-state index contributed by atoms with van der Waals surface area (Å²) in [6.45, 7) is 11.0. The molecular formula is C31H48O14. The first-order chi connectivity index (χ1) is 22.1. The van der Waals surface area contributed by atoms with Crippen LogP contribution in [0.5, 0.6) is 0 Å². The van der Waals surface area contributed by atoms with Gasteiger partial charge < -0.3 is 52.1 Å². The Balaban J connectivity index is 1.68. The predicted octanol–water partition coefficient (Wildman–Crippen LogP) is 1.29. The molecule has 0 aliphatic rings. The molecule has 1 aromatic rings. The maximum absolute atomic E-state index is 11.9. The highest BCUT2D eigenvalue weighted by Gasteiger charge is 2.17. The lowest BCUT2D eigenvalue weighted by Gasteiger charge is -2.09. The molecule has 0 fully saturated rings. The molecule has 0 radical (unpaired) electrons. The molecule has 0 saturated carbocycles. The zero-order valence-electron chi connectivity index (χ0n) is 26.0. The Morgan fingerprint density at radius 2 is 0.733 bits per heavy atom. The number of hydrogen-bond donors (Lipinski definition) is 0. The van der Waals surface area contributed by atoms with Crippen LogP contribution in [-0.2, 0) is 61.7 Å². The highest BCUT2D eigenvalue weighted by molar-refractivity contribution is 6.40. The van der Waals surface area contributed by atoms with Gasteiger partial charge in [0, 0.05) is 11.6 Å². The molecule has 0 unspecified atom stereocenters. The second-order valence-electron chi connectivity index (χ2n) is 8.71. The summed E-state index contributed by atoms with van der Waals surface area (Å²) in [7, 11) is 0. The van der Waals surface area contributed by atoms with E-state index in [2.05, 4.69) is 6.58 Å². The van der Waals surface area contributed by atoms with Crippen LogP contribution in [0, 0.1) is 0 Å². The first-order valence-corrected chi connectivity index (χ1v) is 14.9. The van der Waals surface area contributed by atoms with Crippen LogP contribution in [0.2, 0.25) is 0 Å². The molecule has 0 amide bonds. The molecule has 1 aromatic carbocycles. The third-order valence-electron chi connectivity index (χ3n) is 5.30. The topological polar surface area (TPSA) is 153 Å². The fraction of sp³-hybridized carbons (Fsp3) is 0.645. The summed E-state index contributed by atoms with van der Waals surface area (Å²) in [6.07, 6.45) is 1.11. The maximum atomic E-state index is 11.9. The standard InChI is InChI=1S/C31H48O14/c1-2-29(32)44-26-24-42-22-20-40-18-16-38-14-12-36-10-8-35-9-11-37-13-15-39-17-19-41-21-23-43-25-27-45-31(34)30(33)28-6-4-3-5-7-28/h2-7H,1,8-27H2. The molecule has 0 heterocycles. The minimum atomic E-state index is -0.901. The van der Waals surface area contributed by atoms with Crippen molar-refractivity contribution >= 4 is 17.7 Å². The second-order valence-corrected chi connectivity index (χ2v) is 8.71. The predicted molar refractivity (Wildman–Crippen MR) is 160 cm³/mol. The number of benzene rings is 1. The van der Waals surface area contributed by atoms with E-state index in [1.165, 1.54) is 0 Å². The van der Waals surface area contributed by atoms with Crippen LogP contribution >= 0.6 is 0 Å². The summed E-state index contributed by atoms with van der Waals surface area (Å²) in [5.74, 6) is -2.05. The average molecular weight is 645 g/mol. The fourth-order valence-electron chi connectivity index (χ4n) is 3.09. The zero-order valence-corrected chi connectivity index (χ0v) is 26.0. The van der Waals surface area contributed by atoms with Gasteiger partial charge in [0.25, 0.3) is 5.78 Å². The van der Waals surface area contributed by atoms with Gasteiger partial charge in [0.1, 0.15) is 13.2 Å². The molecule has 0 saturated heterocycles. The van der Waals surface area contributed by atoms with Crippen LogP contribution in [-0.4, -0.2) is 150 Å². The van der Waals surface area contributed by atoms with Gasteiger partial charge in [0.05, 0.1) is 119 Å². The number of ether oxygens (including phenoxy) is 11. The molecule has 0 bridgehead atoms. The molecule has 45 heavy (non-hydrogen) atoms. The van der Waals surface area contributed by atoms with Gasteiger partial charge >= 0.3 is 11.9 Å². The molecule has 0 spiro atoms. The molecular weight excluding hydrogens is 596 g/mol.